The van der Waals surface area contributed by atoms with Gasteiger partial charge in [-0.1, -0.05) is 26.2 Å². The molecule has 3 rings (SSSR count). The summed E-state index contributed by atoms with van der Waals surface area (Å²) in [4.78, 5) is 21.5. The summed E-state index contributed by atoms with van der Waals surface area (Å²) in [5.74, 6) is 0.821. The van der Waals surface area contributed by atoms with Gasteiger partial charge in [-0.2, -0.15) is 0 Å². The molecule has 0 unspecified atom stereocenters. The third kappa shape index (κ3) is 6.52. The first-order chi connectivity index (χ1) is 15.3. The van der Waals surface area contributed by atoms with E-state index >= 15 is 0 Å². The molecule has 0 bridgehead atoms. The van der Waals surface area contributed by atoms with Crippen molar-refractivity contribution in [1.82, 2.24) is 4.57 Å². The summed E-state index contributed by atoms with van der Waals surface area (Å²) in [7, 11) is 3.21. The van der Waals surface area contributed by atoms with Gasteiger partial charge < -0.3 is 24.9 Å². The minimum Gasteiger partial charge on any atom is -0.493 e. The van der Waals surface area contributed by atoms with E-state index in [2.05, 4.69) is 4.57 Å². The minimum atomic E-state index is -0.883. The van der Waals surface area contributed by atoms with E-state index in [4.69, 9.17) is 15.2 Å². The van der Waals surface area contributed by atoms with Gasteiger partial charge in [0, 0.05) is 29.9 Å². The quantitative estimate of drug-likeness (QED) is 0.594. The van der Waals surface area contributed by atoms with Gasteiger partial charge in [0.1, 0.15) is 0 Å². The van der Waals surface area contributed by atoms with Crippen LogP contribution in [0.2, 0.25) is 0 Å². The number of carbonyl (C=O) groups excluding carboxylic acids is 1. The zero-order valence-corrected chi connectivity index (χ0v) is 19.6. The Hall–Kier alpha value is -2.96. The third-order valence-electron chi connectivity index (χ3n) is 5.94. The van der Waals surface area contributed by atoms with Crippen LogP contribution in [0.1, 0.15) is 67.9 Å². The smallest absolute Gasteiger partial charge is 0.337 e. The molecule has 1 fully saturated rings. The molecule has 3 N–H and O–H groups in total. The number of nitrogens with two attached hydrogens (primary N) is 1. The number of rotatable bonds is 8. The lowest BCUT2D eigenvalue weighted by atomic mass is 9.89. The molecule has 7 heteroatoms. The number of carbonyl (C=O) groups is 2. The largest absolute Gasteiger partial charge is 0.493 e. The molecule has 0 atom stereocenters. The second kappa shape index (κ2) is 12.2. The number of amides is 1. The predicted octanol–water partition coefficient (Wildman–Crippen LogP) is 5.03. The van der Waals surface area contributed by atoms with Gasteiger partial charge in [0.2, 0.25) is 5.91 Å². The Kier molecular flexibility index (Phi) is 9.62. The van der Waals surface area contributed by atoms with Crippen LogP contribution in [-0.2, 0) is 11.3 Å². The highest BCUT2D eigenvalue weighted by molar-refractivity contribution is 5.91. The molecule has 2 aromatic rings. The summed E-state index contributed by atoms with van der Waals surface area (Å²) < 4.78 is 12.9. The molecule has 0 saturated heterocycles. The van der Waals surface area contributed by atoms with Crippen molar-refractivity contribution in [2.75, 3.05) is 14.2 Å². The lowest BCUT2D eigenvalue weighted by Gasteiger charge is -2.24. The standard InChI is InChI=1S/C21H27NO4.C4H9NO/c1-14-17(21(23)24)12-18(22(14)13-15-7-5-4-6-8-15)16-9-10-19(25-2)20(11-16)26-3;1-2-3-4(5)6/h9-12,15H,4-8,13H2,1-3H3,(H,23,24);2-3H2,1H3,(H2,5,6). The summed E-state index contributed by atoms with van der Waals surface area (Å²) in [6.45, 7) is 4.68. The summed E-state index contributed by atoms with van der Waals surface area (Å²) in [5.41, 5.74) is 7.80. The number of carboxylic acids is 1. The van der Waals surface area contributed by atoms with Crippen LogP contribution in [0.5, 0.6) is 11.5 Å². The molecule has 7 nitrogen and oxygen atoms in total. The molecule has 0 radical (unpaired) electrons. The van der Waals surface area contributed by atoms with Crippen molar-refractivity contribution >= 4 is 11.9 Å². The van der Waals surface area contributed by atoms with Crippen molar-refractivity contribution in [1.29, 1.82) is 0 Å². The maximum Gasteiger partial charge on any atom is 0.337 e. The molecular weight excluding hydrogens is 408 g/mol. The van der Waals surface area contributed by atoms with Crippen molar-refractivity contribution in [2.24, 2.45) is 11.7 Å². The number of hydrogen-bond donors (Lipinski definition) is 2. The van der Waals surface area contributed by atoms with Gasteiger partial charge in [0.25, 0.3) is 0 Å². The van der Waals surface area contributed by atoms with Crippen LogP contribution in [0.15, 0.2) is 24.3 Å². The van der Waals surface area contributed by atoms with Crippen molar-refractivity contribution in [3.05, 3.63) is 35.5 Å². The van der Waals surface area contributed by atoms with Gasteiger partial charge in [-0.25, -0.2) is 4.79 Å². The zero-order valence-electron chi connectivity index (χ0n) is 19.6. The van der Waals surface area contributed by atoms with Crippen LogP contribution in [0.25, 0.3) is 11.3 Å². The van der Waals surface area contributed by atoms with Gasteiger partial charge in [-0.15, -0.1) is 0 Å². The fourth-order valence-corrected chi connectivity index (χ4v) is 4.21. The molecule has 32 heavy (non-hydrogen) atoms. The number of benzene rings is 1. The Morgan fingerprint density at radius 1 is 1.09 bits per heavy atom. The Labute approximate surface area is 190 Å². The normalized spacial score (nSPS) is 13.8. The zero-order chi connectivity index (χ0) is 23.7. The molecule has 0 spiro atoms. The fourth-order valence-electron chi connectivity index (χ4n) is 4.21. The van der Waals surface area contributed by atoms with Crippen LogP contribution in [0, 0.1) is 12.8 Å². The van der Waals surface area contributed by atoms with E-state index in [1.54, 1.807) is 20.3 Å². The van der Waals surface area contributed by atoms with E-state index in [1.165, 1.54) is 32.1 Å². The SMILES string of the molecule is CCCC(N)=O.COc1ccc(-c2cc(C(=O)O)c(C)n2CC2CCCCC2)cc1OC. The number of aromatic nitrogens is 1. The highest BCUT2D eigenvalue weighted by Crippen LogP contribution is 2.35. The van der Waals surface area contributed by atoms with E-state index < -0.39 is 5.97 Å². The van der Waals surface area contributed by atoms with Crippen molar-refractivity contribution in [3.8, 4) is 22.8 Å². The average molecular weight is 445 g/mol. The lowest BCUT2D eigenvalue weighted by Crippen LogP contribution is -2.16. The Bertz CT molecular complexity index is 913. The highest BCUT2D eigenvalue weighted by Gasteiger charge is 2.22. The first-order valence-corrected chi connectivity index (χ1v) is 11.3. The van der Waals surface area contributed by atoms with Gasteiger partial charge in [0.15, 0.2) is 11.5 Å². The summed E-state index contributed by atoms with van der Waals surface area (Å²) in [5, 5.41) is 9.58. The van der Waals surface area contributed by atoms with Crippen molar-refractivity contribution < 1.29 is 24.2 Å². The number of ether oxygens (including phenoxy) is 2. The van der Waals surface area contributed by atoms with E-state index in [0.29, 0.717) is 29.4 Å². The maximum atomic E-state index is 11.7. The molecule has 176 valence electrons. The Balaban J connectivity index is 0.000000534. The molecule has 1 aliphatic rings. The lowest BCUT2D eigenvalue weighted by molar-refractivity contribution is -0.118. The van der Waals surface area contributed by atoms with Crippen LogP contribution in [0.3, 0.4) is 0 Å². The molecule has 1 aliphatic carbocycles. The second-order valence-electron chi connectivity index (χ2n) is 8.23. The van der Waals surface area contributed by atoms with Gasteiger partial charge >= 0.3 is 5.97 Å². The first-order valence-electron chi connectivity index (χ1n) is 11.3. The van der Waals surface area contributed by atoms with Gasteiger partial charge in [-0.05, 0) is 56.4 Å². The van der Waals surface area contributed by atoms with Crippen LogP contribution >= 0.6 is 0 Å². The second-order valence-corrected chi connectivity index (χ2v) is 8.23. The van der Waals surface area contributed by atoms with Crippen LogP contribution in [0.4, 0.5) is 0 Å². The van der Waals surface area contributed by atoms with E-state index in [9.17, 15) is 14.7 Å². The van der Waals surface area contributed by atoms with Gasteiger partial charge in [-0.3, -0.25) is 4.79 Å². The number of carboxylic acid groups (broad SMARTS) is 1. The predicted molar refractivity (Wildman–Crippen MR) is 125 cm³/mol. The molecule has 1 saturated carbocycles. The number of hydrogen-bond acceptors (Lipinski definition) is 4. The average Bonchev–Trinajstić information content (AvgIpc) is 3.10. The van der Waals surface area contributed by atoms with Gasteiger partial charge in [0.05, 0.1) is 19.8 Å². The third-order valence-corrected chi connectivity index (χ3v) is 5.94. The van der Waals surface area contributed by atoms with Crippen LogP contribution < -0.4 is 15.2 Å². The summed E-state index contributed by atoms with van der Waals surface area (Å²) >= 11 is 0. The van der Waals surface area contributed by atoms with E-state index in [0.717, 1.165) is 29.9 Å². The highest BCUT2D eigenvalue weighted by atomic mass is 16.5. The number of nitrogens with zero attached hydrogens (tertiary/aromatic N) is 1. The Morgan fingerprint density at radius 3 is 2.25 bits per heavy atom. The molecule has 1 amide bonds. The molecule has 1 heterocycles. The fraction of sp³-hybridized carbons (Fsp3) is 0.520. The summed E-state index contributed by atoms with van der Waals surface area (Å²) in [6, 6.07) is 7.51. The van der Waals surface area contributed by atoms with E-state index in [1.807, 2.05) is 32.0 Å². The number of primary amides is 1. The Morgan fingerprint density at radius 2 is 1.75 bits per heavy atom. The maximum absolute atomic E-state index is 11.7. The monoisotopic (exact) mass is 444 g/mol. The minimum absolute atomic E-state index is 0.211. The van der Waals surface area contributed by atoms with Crippen LogP contribution in [-0.4, -0.2) is 35.8 Å². The van der Waals surface area contributed by atoms with Crippen molar-refractivity contribution in [3.63, 3.8) is 0 Å². The van der Waals surface area contributed by atoms with E-state index in [-0.39, 0.29) is 5.91 Å². The molecular formula is C25H36N2O5. The molecule has 1 aromatic carbocycles. The first kappa shape index (κ1) is 25.3. The topological polar surface area (TPSA) is 104 Å². The summed E-state index contributed by atoms with van der Waals surface area (Å²) in [6.07, 6.45) is 7.64. The number of aromatic carboxylic acids is 1. The molecule has 1 aromatic heterocycles. The van der Waals surface area contributed by atoms with Crippen molar-refractivity contribution in [2.45, 2.75) is 65.3 Å². The number of methoxy groups -OCH3 is 2. The molecule has 0 aliphatic heterocycles.